The maximum Gasteiger partial charge on any atom is 0.325 e. The highest BCUT2D eigenvalue weighted by molar-refractivity contribution is 5.79. The van der Waals surface area contributed by atoms with Crippen LogP contribution in [-0.4, -0.2) is 18.6 Å². The maximum absolute atomic E-state index is 11.5. The summed E-state index contributed by atoms with van der Waals surface area (Å²) < 4.78 is 4.73. The molecule has 0 fully saturated rings. The summed E-state index contributed by atoms with van der Waals surface area (Å²) in [7, 11) is 1.40. The Bertz CT molecular complexity index is 372. The fourth-order valence-corrected chi connectivity index (χ4v) is 1.45. The molecule has 0 spiro atoms. The molecule has 16 heavy (non-hydrogen) atoms. The van der Waals surface area contributed by atoms with Crippen LogP contribution in [0.2, 0.25) is 0 Å². The molecule has 0 bridgehead atoms. The number of hydrogen-bond acceptors (Lipinski definition) is 3. The van der Waals surface area contributed by atoms with E-state index in [0.717, 1.165) is 0 Å². The molecule has 0 amide bonds. The summed E-state index contributed by atoms with van der Waals surface area (Å²) in [5.74, 6) is -0.249. The fourth-order valence-electron chi connectivity index (χ4n) is 1.45. The van der Waals surface area contributed by atoms with Gasteiger partial charge < -0.3 is 4.74 Å². The summed E-state index contributed by atoms with van der Waals surface area (Å²) in [6.07, 6.45) is 0. The number of carbonyl (C=O) groups is 1. The van der Waals surface area contributed by atoms with Gasteiger partial charge in [0, 0.05) is 6.54 Å². The van der Waals surface area contributed by atoms with Crippen molar-refractivity contribution in [3.8, 4) is 0 Å². The second-order valence-electron chi connectivity index (χ2n) is 4.40. The van der Waals surface area contributed by atoms with Crippen molar-refractivity contribution in [1.82, 2.24) is 5.32 Å². The number of methoxy groups -OCH3 is 1. The summed E-state index contributed by atoms with van der Waals surface area (Å²) in [5.41, 5.74) is 1.76. The zero-order valence-electron chi connectivity index (χ0n) is 10.3. The van der Waals surface area contributed by atoms with Crippen LogP contribution < -0.4 is 5.32 Å². The van der Waals surface area contributed by atoms with Gasteiger partial charge in [0.2, 0.25) is 0 Å². The molecular formula is C13H19NO2. The minimum absolute atomic E-state index is 0.249. The largest absolute Gasteiger partial charge is 0.468 e. The van der Waals surface area contributed by atoms with Gasteiger partial charge in [-0.1, -0.05) is 24.3 Å². The third-order valence-electron chi connectivity index (χ3n) is 2.68. The van der Waals surface area contributed by atoms with Crippen LogP contribution in [0.4, 0.5) is 0 Å². The Morgan fingerprint density at radius 1 is 1.38 bits per heavy atom. The predicted molar refractivity (Wildman–Crippen MR) is 64.1 cm³/mol. The first kappa shape index (κ1) is 12.7. The molecule has 0 heterocycles. The molecule has 0 aliphatic heterocycles. The first-order valence-electron chi connectivity index (χ1n) is 5.35. The van der Waals surface area contributed by atoms with Crippen LogP contribution in [0.15, 0.2) is 24.3 Å². The van der Waals surface area contributed by atoms with E-state index in [9.17, 15) is 4.79 Å². The molecule has 3 nitrogen and oxygen atoms in total. The second kappa shape index (κ2) is 5.12. The van der Waals surface area contributed by atoms with Gasteiger partial charge in [-0.3, -0.25) is 10.1 Å². The van der Waals surface area contributed by atoms with Crippen molar-refractivity contribution in [2.75, 3.05) is 7.11 Å². The Morgan fingerprint density at radius 2 is 2.00 bits per heavy atom. The van der Waals surface area contributed by atoms with Crippen molar-refractivity contribution in [2.45, 2.75) is 32.9 Å². The predicted octanol–water partition coefficient (Wildman–Crippen LogP) is 2.04. The molecule has 0 aliphatic rings. The number of rotatable bonds is 4. The van der Waals surface area contributed by atoms with Gasteiger partial charge in [-0.05, 0) is 31.9 Å². The van der Waals surface area contributed by atoms with Crippen molar-refractivity contribution >= 4 is 5.97 Å². The van der Waals surface area contributed by atoms with Gasteiger partial charge in [0.25, 0.3) is 0 Å². The average molecular weight is 221 g/mol. The molecule has 1 N–H and O–H groups in total. The molecular weight excluding hydrogens is 202 g/mol. The molecule has 3 heteroatoms. The lowest BCUT2D eigenvalue weighted by atomic mass is 10.0. The Kier molecular flexibility index (Phi) is 4.07. The van der Waals surface area contributed by atoms with Crippen molar-refractivity contribution in [2.24, 2.45) is 0 Å². The van der Waals surface area contributed by atoms with Crippen LogP contribution >= 0.6 is 0 Å². The molecule has 0 saturated carbocycles. The average Bonchev–Trinajstić information content (AvgIpc) is 2.27. The summed E-state index contributed by atoms with van der Waals surface area (Å²) in [4.78, 5) is 11.5. The number of carbonyl (C=O) groups excluding carboxylic acids is 1. The van der Waals surface area contributed by atoms with Gasteiger partial charge >= 0.3 is 5.97 Å². The van der Waals surface area contributed by atoms with E-state index in [4.69, 9.17) is 4.74 Å². The van der Waals surface area contributed by atoms with E-state index in [2.05, 4.69) is 24.4 Å². The quantitative estimate of drug-likeness (QED) is 0.791. The van der Waals surface area contributed by atoms with E-state index in [1.54, 1.807) is 0 Å². The summed E-state index contributed by atoms with van der Waals surface area (Å²) in [5, 5.41) is 3.19. The molecule has 0 unspecified atom stereocenters. The molecule has 1 rings (SSSR count). The molecule has 0 atom stereocenters. The minimum atomic E-state index is -0.656. The Morgan fingerprint density at radius 3 is 2.56 bits per heavy atom. The monoisotopic (exact) mass is 221 g/mol. The minimum Gasteiger partial charge on any atom is -0.468 e. The van der Waals surface area contributed by atoms with Gasteiger partial charge in [0.15, 0.2) is 0 Å². The molecule has 0 radical (unpaired) electrons. The van der Waals surface area contributed by atoms with E-state index >= 15 is 0 Å². The third kappa shape index (κ3) is 3.07. The number of esters is 1. The fraction of sp³-hybridized carbons (Fsp3) is 0.462. The van der Waals surface area contributed by atoms with E-state index in [-0.39, 0.29) is 5.97 Å². The van der Waals surface area contributed by atoms with E-state index < -0.39 is 5.54 Å². The van der Waals surface area contributed by atoms with Crippen LogP contribution in [0.25, 0.3) is 0 Å². The Balaban J connectivity index is 2.65. The van der Waals surface area contributed by atoms with Crippen LogP contribution in [0.5, 0.6) is 0 Å². The zero-order valence-corrected chi connectivity index (χ0v) is 10.3. The highest BCUT2D eigenvalue weighted by atomic mass is 16.5. The summed E-state index contributed by atoms with van der Waals surface area (Å²) in [6, 6.07) is 8.11. The lowest BCUT2D eigenvalue weighted by molar-refractivity contribution is -0.147. The molecule has 1 aromatic rings. The molecule has 0 saturated heterocycles. The lowest BCUT2D eigenvalue weighted by Gasteiger charge is -2.23. The second-order valence-corrected chi connectivity index (χ2v) is 4.40. The number of benzene rings is 1. The SMILES string of the molecule is COC(=O)C(C)(C)NCc1ccccc1C. The topological polar surface area (TPSA) is 38.3 Å². The van der Waals surface area contributed by atoms with Gasteiger partial charge in [-0.15, -0.1) is 0 Å². The number of aryl methyl sites for hydroxylation is 1. The first-order chi connectivity index (χ1) is 7.47. The van der Waals surface area contributed by atoms with Gasteiger partial charge in [-0.25, -0.2) is 0 Å². The Hall–Kier alpha value is -1.35. The number of hydrogen-bond donors (Lipinski definition) is 1. The van der Waals surface area contributed by atoms with Gasteiger partial charge in [0.05, 0.1) is 7.11 Å². The number of ether oxygens (including phenoxy) is 1. The van der Waals surface area contributed by atoms with E-state index in [0.29, 0.717) is 6.54 Å². The molecule has 88 valence electrons. The highest BCUT2D eigenvalue weighted by Crippen LogP contribution is 2.10. The smallest absolute Gasteiger partial charge is 0.325 e. The number of nitrogens with one attached hydrogen (secondary N) is 1. The van der Waals surface area contributed by atoms with Gasteiger partial charge in [0.1, 0.15) is 5.54 Å². The van der Waals surface area contributed by atoms with Crippen LogP contribution in [0.3, 0.4) is 0 Å². The standard InChI is InChI=1S/C13H19NO2/c1-10-7-5-6-8-11(10)9-14-13(2,3)12(15)16-4/h5-8,14H,9H2,1-4H3. The van der Waals surface area contributed by atoms with Gasteiger partial charge in [-0.2, -0.15) is 0 Å². The summed E-state index contributed by atoms with van der Waals surface area (Å²) in [6.45, 7) is 6.35. The lowest BCUT2D eigenvalue weighted by Crippen LogP contribution is -2.47. The first-order valence-corrected chi connectivity index (χ1v) is 5.35. The van der Waals surface area contributed by atoms with Crippen LogP contribution in [0, 0.1) is 6.92 Å². The zero-order chi connectivity index (χ0) is 12.2. The maximum atomic E-state index is 11.5. The van der Waals surface area contributed by atoms with Crippen molar-refractivity contribution < 1.29 is 9.53 Å². The van der Waals surface area contributed by atoms with Crippen molar-refractivity contribution in [3.63, 3.8) is 0 Å². The summed E-state index contributed by atoms with van der Waals surface area (Å²) >= 11 is 0. The van der Waals surface area contributed by atoms with E-state index in [1.165, 1.54) is 18.2 Å². The molecule has 1 aromatic carbocycles. The normalized spacial score (nSPS) is 11.2. The molecule has 0 aromatic heterocycles. The Labute approximate surface area is 96.8 Å². The van der Waals surface area contributed by atoms with Crippen LogP contribution in [0.1, 0.15) is 25.0 Å². The van der Waals surface area contributed by atoms with Crippen LogP contribution in [-0.2, 0) is 16.1 Å². The highest BCUT2D eigenvalue weighted by Gasteiger charge is 2.27. The van der Waals surface area contributed by atoms with Crippen molar-refractivity contribution in [3.05, 3.63) is 35.4 Å². The van der Waals surface area contributed by atoms with E-state index in [1.807, 2.05) is 26.0 Å². The molecule has 0 aliphatic carbocycles. The third-order valence-corrected chi connectivity index (χ3v) is 2.68. The van der Waals surface area contributed by atoms with Crippen molar-refractivity contribution in [1.29, 1.82) is 0 Å².